The quantitative estimate of drug-likeness (QED) is 0.878. The molecule has 2 amide bonds. The molecule has 0 aromatic heterocycles. The highest BCUT2D eigenvalue weighted by molar-refractivity contribution is 6.03. The molecule has 1 saturated carbocycles. The SMILES string of the molecule is CC(=O)Nc1ccccc1C(=O)NC1CCCCC1. The Hall–Kier alpha value is -1.84. The molecule has 1 aromatic carbocycles. The number of amides is 2. The maximum Gasteiger partial charge on any atom is 0.253 e. The minimum absolute atomic E-state index is 0.101. The Bertz CT molecular complexity index is 465. The highest BCUT2D eigenvalue weighted by Crippen LogP contribution is 2.19. The molecule has 0 aliphatic heterocycles. The van der Waals surface area contributed by atoms with Gasteiger partial charge in [-0.05, 0) is 25.0 Å². The third kappa shape index (κ3) is 3.81. The summed E-state index contributed by atoms with van der Waals surface area (Å²) in [4.78, 5) is 23.4. The maximum atomic E-state index is 12.3. The monoisotopic (exact) mass is 260 g/mol. The lowest BCUT2D eigenvalue weighted by molar-refractivity contribution is -0.114. The van der Waals surface area contributed by atoms with Gasteiger partial charge in [0.1, 0.15) is 0 Å². The smallest absolute Gasteiger partial charge is 0.253 e. The van der Waals surface area contributed by atoms with E-state index in [9.17, 15) is 9.59 Å². The summed E-state index contributed by atoms with van der Waals surface area (Å²) in [6, 6.07) is 7.37. The van der Waals surface area contributed by atoms with Gasteiger partial charge in [0.15, 0.2) is 0 Å². The van der Waals surface area contributed by atoms with Crippen LogP contribution in [-0.2, 0) is 4.79 Å². The van der Waals surface area contributed by atoms with Crippen LogP contribution in [-0.4, -0.2) is 17.9 Å². The Kier molecular flexibility index (Phi) is 4.55. The molecule has 2 N–H and O–H groups in total. The van der Waals surface area contributed by atoms with Crippen LogP contribution in [0.3, 0.4) is 0 Å². The van der Waals surface area contributed by atoms with Crippen molar-refractivity contribution in [2.24, 2.45) is 0 Å². The fourth-order valence-electron chi connectivity index (χ4n) is 2.49. The molecule has 4 heteroatoms. The average Bonchev–Trinajstić information content (AvgIpc) is 2.39. The first-order valence-corrected chi connectivity index (χ1v) is 6.84. The van der Waals surface area contributed by atoms with E-state index >= 15 is 0 Å². The van der Waals surface area contributed by atoms with Crippen LogP contribution in [0.5, 0.6) is 0 Å². The van der Waals surface area contributed by atoms with Gasteiger partial charge in [0.25, 0.3) is 5.91 Å². The molecule has 0 atom stereocenters. The Labute approximate surface area is 113 Å². The molecule has 1 fully saturated rings. The molecule has 0 spiro atoms. The first-order valence-electron chi connectivity index (χ1n) is 6.84. The summed E-state index contributed by atoms with van der Waals surface area (Å²) in [5.41, 5.74) is 1.10. The summed E-state index contributed by atoms with van der Waals surface area (Å²) in [7, 11) is 0. The van der Waals surface area contributed by atoms with Crippen molar-refractivity contribution in [2.75, 3.05) is 5.32 Å². The predicted octanol–water partition coefficient (Wildman–Crippen LogP) is 2.71. The summed E-state index contributed by atoms with van der Waals surface area (Å²) >= 11 is 0. The van der Waals surface area contributed by atoms with Gasteiger partial charge >= 0.3 is 0 Å². The van der Waals surface area contributed by atoms with Gasteiger partial charge in [-0.25, -0.2) is 0 Å². The summed E-state index contributed by atoms with van der Waals surface area (Å²) in [6.07, 6.45) is 5.72. The van der Waals surface area contributed by atoms with Crippen molar-refractivity contribution in [2.45, 2.75) is 45.1 Å². The molecule has 1 aromatic rings. The van der Waals surface area contributed by atoms with Gasteiger partial charge < -0.3 is 10.6 Å². The number of hydrogen-bond donors (Lipinski definition) is 2. The summed E-state index contributed by atoms with van der Waals surface area (Å²) in [5.74, 6) is -0.269. The minimum atomic E-state index is -0.169. The zero-order chi connectivity index (χ0) is 13.7. The first-order chi connectivity index (χ1) is 9.16. The molecule has 102 valence electrons. The third-order valence-corrected chi connectivity index (χ3v) is 3.42. The van der Waals surface area contributed by atoms with Crippen LogP contribution in [0.1, 0.15) is 49.4 Å². The minimum Gasteiger partial charge on any atom is -0.349 e. The van der Waals surface area contributed by atoms with Crippen molar-refractivity contribution < 1.29 is 9.59 Å². The van der Waals surface area contributed by atoms with Crippen LogP contribution in [0.4, 0.5) is 5.69 Å². The standard InChI is InChI=1S/C15H20N2O2/c1-11(18)16-14-10-6-5-9-13(14)15(19)17-12-7-3-2-4-8-12/h5-6,9-10,12H,2-4,7-8H2,1H3,(H,16,18)(H,17,19). The molecule has 0 unspecified atom stereocenters. The molecule has 0 radical (unpaired) electrons. The van der Waals surface area contributed by atoms with E-state index in [4.69, 9.17) is 0 Å². The second-order valence-electron chi connectivity index (χ2n) is 5.04. The molecule has 4 nitrogen and oxygen atoms in total. The van der Waals surface area contributed by atoms with Gasteiger partial charge in [-0.3, -0.25) is 9.59 Å². The highest BCUT2D eigenvalue weighted by atomic mass is 16.2. The summed E-state index contributed by atoms with van der Waals surface area (Å²) in [6.45, 7) is 1.44. The van der Waals surface area contributed by atoms with E-state index in [-0.39, 0.29) is 17.9 Å². The van der Waals surface area contributed by atoms with Gasteiger partial charge in [-0.1, -0.05) is 31.4 Å². The van der Waals surface area contributed by atoms with Gasteiger partial charge in [0.2, 0.25) is 5.91 Å². The fraction of sp³-hybridized carbons (Fsp3) is 0.467. The van der Waals surface area contributed by atoms with E-state index in [1.807, 2.05) is 6.07 Å². The largest absolute Gasteiger partial charge is 0.349 e. The van der Waals surface area contributed by atoms with E-state index in [0.717, 1.165) is 12.8 Å². The Balaban J connectivity index is 2.07. The molecule has 1 aliphatic rings. The topological polar surface area (TPSA) is 58.2 Å². The van der Waals surface area contributed by atoms with Crippen molar-refractivity contribution in [3.8, 4) is 0 Å². The Morgan fingerprint density at radius 2 is 1.79 bits per heavy atom. The predicted molar refractivity (Wildman–Crippen MR) is 75.1 cm³/mol. The first kappa shape index (κ1) is 13.6. The second-order valence-corrected chi connectivity index (χ2v) is 5.04. The van der Waals surface area contributed by atoms with Crippen LogP contribution in [0.15, 0.2) is 24.3 Å². The van der Waals surface area contributed by atoms with Gasteiger partial charge in [0.05, 0.1) is 11.3 Å². The molecular formula is C15H20N2O2. The molecule has 0 heterocycles. The number of hydrogen-bond acceptors (Lipinski definition) is 2. The number of benzene rings is 1. The number of nitrogens with one attached hydrogen (secondary N) is 2. The van der Waals surface area contributed by atoms with Crippen LogP contribution < -0.4 is 10.6 Å². The van der Waals surface area contributed by atoms with Crippen molar-refractivity contribution in [3.05, 3.63) is 29.8 Å². The average molecular weight is 260 g/mol. The molecule has 2 rings (SSSR count). The normalized spacial score (nSPS) is 15.8. The molecular weight excluding hydrogens is 240 g/mol. The summed E-state index contributed by atoms with van der Waals surface area (Å²) in [5, 5.41) is 5.75. The number of rotatable bonds is 3. The van der Waals surface area contributed by atoms with Gasteiger partial charge in [-0.2, -0.15) is 0 Å². The lowest BCUT2D eigenvalue weighted by Gasteiger charge is -2.23. The molecule has 0 saturated heterocycles. The van der Waals surface area contributed by atoms with Crippen molar-refractivity contribution in [3.63, 3.8) is 0 Å². The van der Waals surface area contributed by atoms with E-state index in [0.29, 0.717) is 11.3 Å². The lowest BCUT2D eigenvalue weighted by Crippen LogP contribution is -2.36. The zero-order valence-electron chi connectivity index (χ0n) is 11.2. The number of carbonyl (C=O) groups is 2. The van der Waals surface area contributed by atoms with E-state index in [1.165, 1.54) is 26.2 Å². The highest BCUT2D eigenvalue weighted by Gasteiger charge is 2.18. The second kappa shape index (κ2) is 6.36. The number of carbonyl (C=O) groups excluding carboxylic acids is 2. The summed E-state index contributed by atoms with van der Waals surface area (Å²) < 4.78 is 0. The van der Waals surface area contributed by atoms with Crippen LogP contribution in [0, 0.1) is 0 Å². The van der Waals surface area contributed by atoms with Crippen molar-refractivity contribution >= 4 is 17.5 Å². The van der Waals surface area contributed by atoms with E-state index in [2.05, 4.69) is 10.6 Å². The number of para-hydroxylation sites is 1. The molecule has 1 aliphatic carbocycles. The fourth-order valence-corrected chi connectivity index (χ4v) is 2.49. The van der Waals surface area contributed by atoms with Crippen molar-refractivity contribution in [1.29, 1.82) is 0 Å². The zero-order valence-corrected chi connectivity index (χ0v) is 11.2. The molecule has 19 heavy (non-hydrogen) atoms. The van der Waals surface area contributed by atoms with Crippen LogP contribution in [0.25, 0.3) is 0 Å². The van der Waals surface area contributed by atoms with Crippen LogP contribution >= 0.6 is 0 Å². The van der Waals surface area contributed by atoms with E-state index in [1.54, 1.807) is 18.2 Å². The Morgan fingerprint density at radius 3 is 2.47 bits per heavy atom. The maximum absolute atomic E-state index is 12.3. The lowest BCUT2D eigenvalue weighted by atomic mass is 9.95. The third-order valence-electron chi connectivity index (χ3n) is 3.42. The van der Waals surface area contributed by atoms with Gasteiger partial charge in [0, 0.05) is 13.0 Å². The van der Waals surface area contributed by atoms with Crippen LogP contribution in [0.2, 0.25) is 0 Å². The number of anilines is 1. The Morgan fingerprint density at radius 1 is 1.11 bits per heavy atom. The molecule has 0 bridgehead atoms. The van der Waals surface area contributed by atoms with E-state index < -0.39 is 0 Å². The van der Waals surface area contributed by atoms with Gasteiger partial charge in [-0.15, -0.1) is 0 Å². The van der Waals surface area contributed by atoms with Crippen molar-refractivity contribution in [1.82, 2.24) is 5.32 Å².